The standard InChI is InChI=1S/C7H8F3IO5S/c1-2-4(11)6(12)16-5(7(8,9)10)3-17(13,14)15/h2,4-5H,1,3H2,(H,13,14,15). The second-order valence-electron chi connectivity index (χ2n) is 2.85. The lowest BCUT2D eigenvalue weighted by Crippen LogP contribution is -2.40. The van der Waals surface area contributed by atoms with Crippen LogP contribution >= 0.6 is 22.6 Å². The lowest BCUT2D eigenvalue weighted by molar-refractivity contribution is -0.214. The molecule has 0 radical (unpaired) electrons. The van der Waals surface area contributed by atoms with E-state index in [1.807, 2.05) is 0 Å². The van der Waals surface area contributed by atoms with Crippen LogP contribution in [0.3, 0.4) is 0 Å². The molecule has 10 heteroatoms. The van der Waals surface area contributed by atoms with Crippen LogP contribution in [0.1, 0.15) is 0 Å². The van der Waals surface area contributed by atoms with Crippen LogP contribution in [0.4, 0.5) is 13.2 Å². The molecule has 5 nitrogen and oxygen atoms in total. The molecule has 0 heterocycles. The average molecular weight is 388 g/mol. The summed E-state index contributed by atoms with van der Waals surface area (Å²) in [5, 5.41) is 0. The van der Waals surface area contributed by atoms with E-state index in [9.17, 15) is 26.4 Å². The molecule has 0 fully saturated rings. The number of hydrogen-bond acceptors (Lipinski definition) is 4. The van der Waals surface area contributed by atoms with E-state index in [-0.39, 0.29) is 0 Å². The maximum absolute atomic E-state index is 12.3. The first-order valence-corrected chi connectivity index (χ1v) is 6.82. The Hall–Kier alpha value is -0.360. The number of rotatable bonds is 5. The number of ether oxygens (including phenoxy) is 1. The third kappa shape index (κ3) is 6.83. The first kappa shape index (κ1) is 16.6. The van der Waals surface area contributed by atoms with Gasteiger partial charge in [-0.05, 0) is 0 Å². The van der Waals surface area contributed by atoms with Crippen molar-refractivity contribution in [1.29, 1.82) is 0 Å². The molecule has 0 saturated heterocycles. The Balaban J connectivity index is 4.86. The number of carbonyl (C=O) groups excluding carboxylic acids is 1. The third-order valence-electron chi connectivity index (χ3n) is 1.42. The maximum atomic E-state index is 12.3. The highest BCUT2D eigenvalue weighted by molar-refractivity contribution is 14.1. The van der Waals surface area contributed by atoms with E-state index in [1.165, 1.54) is 22.6 Å². The second-order valence-corrected chi connectivity index (χ2v) is 5.69. The lowest BCUT2D eigenvalue weighted by Gasteiger charge is -2.20. The summed E-state index contributed by atoms with van der Waals surface area (Å²) in [6.07, 6.45) is -6.95. The molecule has 0 aliphatic rings. The van der Waals surface area contributed by atoms with Crippen LogP contribution in [0.5, 0.6) is 0 Å². The molecule has 17 heavy (non-hydrogen) atoms. The molecule has 100 valence electrons. The summed E-state index contributed by atoms with van der Waals surface area (Å²) in [7, 11) is -4.91. The fourth-order valence-corrected chi connectivity index (χ4v) is 1.47. The highest BCUT2D eigenvalue weighted by Crippen LogP contribution is 2.25. The van der Waals surface area contributed by atoms with Crippen LogP contribution in [0.2, 0.25) is 0 Å². The van der Waals surface area contributed by atoms with E-state index < -0.39 is 38.0 Å². The quantitative estimate of drug-likeness (QED) is 0.253. The molecule has 0 aromatic heterocycles. The molecule has 2 unspecified atom stereocenters. The Kier molecular flexibility index (Phi) is 5.87. The van der Waals surface area contributed by atoms with Crippen LogP contribution in [0.15, 0.2) is 12.7 Å². The topological polar surface area (TPSA) is 80.7 Å². The fraction of sp³-hybridized carbons (Fsp3) is 0.571. The van der Waals surface area contributed by atoms with Gasteiger partial charge in [-0.3, -0.25) is 9.35 Å². The summed E-state index contributed by atoms with van der Waals surface area (Å²) in [5.41, 5.74) is 0. The Morgan fingerprint density at radius 2 is 2.00 bits per heavy atom. The highest BCUT2D eigenvalue weighted by atomic mass is 127. The minimum absolute atomic E-state index is 1.03. The van der Waals surface area contributed by atoms with Gasteiger partial charge in [-0.25, -0.2) is 0 Å². The SMILES string of the molecule is C=CC(I)C(=O)OC(CS(=O)(=O)O)C(F)(F)F. The smallest absolute Gasteiger partial charge is 0.426 e. The largest absolute Gasteiger partial charge is 0.450 e. The molecule has 2 atom stereocenters. The molecule has 0 saturated carbocycles. The van der Waals surface area contributed by atoms with Gasteiger partial charge in [-0.15, -0.1) is 6.58 Å². The summed E-state index contributed by atoms with van der Waals surface area (Å²) in [6, 6.07) is 0. The van der Waals surface area contributed by atoms with Crippen LogP contribution < -0.4 is 0 Å². The van der Waals surface area contributed by atoms with E-state index in [1.54, 1.807) is 0 Å². The van der Waals surface area contributed by atoms with Crippen molar-refractivity contribution in [3.63, 3.8) is 0 Å². The van der Waals surface area contributed by atoms with Gasteiger partial charge in [0.1, 0.15) is 9.68 Å². The number of esters is 1. The van der Waals surface area contributed by atoms with Gasteiger partial charge in [0, 0.05) is 0 Å². The van der Waals surface area contributed by atoms with Gasteiger partial charge in [0.2, 0.25) is 6.10 Å². The fourth-order valence-electron chi connectivity index (χ4n) is 0.688. The summed E-state index contributed by atoms with van der Waals surface area (Å²) >= 11 is 1.46. The Morgan fingerprint density at radius 1 is 1.53 bits per heavy atom. The molecule has 0 aromatic carbocycles. The minimum atomic E-state index is -5.08. The van der Waals surface area contributed by atoms with Crippen LogP contribution in [0, 0.1) is 0 Å². The molecule has 0 aromatic rings. The van der Waals surface area contributed by atoms with Crippen molar-refractivity contribution < 1.29 is 35.7 Å². The molecule has 1 N–H and O–H groups in total. The van der Waals surface area contributed by atoms with Crippen LogP contribution in [0.25, 0.3) is 0 Å². The van der Waals surface area contributed by atoms with Gasteiger partial charge in [0.15, 0.2) is 0 Å². The minimum Gasteiger partial charge on any atom is -0.450 e. The van der Waals surface area contributed by atoms with Gasteiger partial charge in [0.05, 0.1) is 0 Å². The molecule has 0 spiro atoms. The number of hydrogen-bond donors (Lipinski definition) is 1. The zero-order valence-electron chi connectivity index (χ0n) is 8.15. The van der Waals surface area contributed by atoms with Crippen LogP contribution in [-0.2, 0) is 19.6 Å². The Morgan fingerprint density at radius 3 is 2.29 bits per heavy atom. The van der Waals surface area contributed by atoms with E-state index in [0.29, 0.717) is 0 Å². The second kappa shape index (κ2) is 6.00. The summed E-state index contributed by atoms with van der Waals surface area (Å²) in [6.45, 7) is 3.17. The maximum Gasteiger partial charge on any atom is 0.426 e. The van der Waals surface area contributed by atoms with E-state index in [0.717, 1.165) is 6.08 Å². The number of halogens is 4. The van der Waals surface area contributed by atoms with Crippen molar-refractivity contribution in [2.24, 2.45) is 0 Å². The Labute approximate surface area is 109 Å². The summed E-state index contributed by atoms with van der Waals surface area (Å²) in [4.78, 5) is 11.0. The molecule has 0 aliphatic carbocycles. The van der Waals surface area contributed by atoms with Gasteiger partial charge < -0.3 is 4.74 Å². The molecule has 0 rings (SSSR count). The normalized spacial score (nSPS) is 16.1. The number of alkyl halides is 4. The van der Waals surface area contributed by atoms with Gasteiger partial charge in [-0.2, -0.15) is 21.6 Å². The lowest BCUT2D eigenvalue weighted by atomic mass is 10.4. The van der Waals surface area contributed by atoms with Crippen molar-refractivity contribution in [1.82, 2.24) is 0 Å². The molecular formula is C7H8F3IO5S. The zero-order valence-corrected chi connectivity index (χ0v) is 11.1. The van der Waals surface area contributed by atoms with E-state index in [4.69, 9.17) is 4.55 Å². The third-order valence-corrected chi connectivity index (χ3v) is 3.16. The molecule has 0 aliphatic heterocycles. The van der Waals surface area contributed by atoms with E-state index in [2.05, 4.69) is 11.3 Å². The van der Waals surface area contributed by atoms with Crippen molar-refractivity contribution in [2.45, 2.75) is 16.2 Å². The summed E-state index contributed by atoms with van der Waals surface area (Å²) in [5.74, 6) is -3.02. The van der Waals surface area contributed by atoms with Crippen molar-refractivity contribution in [3.8, 4) is 0 Å². The average Bonchev–Trinajstić information content (AvgIpc) is 2.11. The molecule has 0 amide bonds. The first-order valence-electron chi connectivity index (χ1n) is 3.96. The Bertz CT molecular complexity index is 391. The van der Waals surface area contributed by atoms with Crippen molar-refractivity contribution in [3.05, 3.63) is 12.7 Å². The van der Waals surface area contributed by atoms with Gasteiger partial charge in [-0.1, -0.05) is 28.7 Å². The first-order chi connectivity index (χ1) is 7.47. The highest BCUT2D eigenvalue weighted by Gasteiger charge is 2.45. The van der Waals surface area contributed by atoms with Crippen molar-refractivity contribution in [2.75, 3.05) is 5.75 Å². The van der Waals surface area contributed by atoms with E-state index >= 15 is 0 Å². The van der Waals surface area contributed by atoms with Crippen molar-refractivity contribution >= 4 is 38.7 Å². The monoisotopic (exact) mass is 388 g/mol. The molecular weight excluding hydrogens is 380 g/mol. The zero-order chi connectivity index (χ0) is 13.9. The van der Waals surface area contributed by atoms with Crippen LogP contribution in [-0.4, -0.2) is 40.9 Å². The summed E-state index contributed by atoms with van der Waals surface area (Å²) < 4.78 is 68.8. The van der Waals surface area contributed by atoms with Gasteiger partial charge >= 0.3 is 12.1 Å². The predicted molar refractivity (Wildman–Crippen MR) is 60.4 cm³/mol. The molecule has 0 bridgehead atoms. The van der Waals surface area contributed by atoms with Gasteiger partial charge in [0.25, 0.3) is 10.1 Å². The predicted octanol–water partition coefficient (Wildman–Crippen LogP) is 1.34. The number of carbonyl (C=O) groups is 1.